The number of halogens is 3. The third-order valence-electron chi connectivity index (χ3n) is 3.58. The zero-order valence-corrected chi connectivity index (χ0v) is 13.1. The van der Waals surface area contributed by atoms with Gasteiger partial charge in [-0.15, -0.1) is 0 Å². The third kappa shape index (κ3) is 3.55. The standard InChI is InChI=1S/C18H13F3N2O2/c1-25-17(24)16-10-15(13-7-2-3-8-14(13)23-16)22-12-6-4-5-11(9-12)18(19,20)21/h2-10H,1H3,(H,22,23). The van der Waals surface area contributed by atoms with E-state index in [2.05, 4.69) is 15.0 Å². The summed E-state index contributed by atoms with van der Waals surface area (Å²) in [5.74, 6) is -0.627. The van der Waals surface area contributed by atoms with E-state index in [1.54, 1.807) is 24.3 Å². The SMILES string of the molecule is COC(=O)c1cc(Nc2cccc(C(F)(F)F)c2)c2ccccc2n1. The van der Waals surface area contributed by atoms with Gasteiger partial charge in [-0.05, 0) is 30.3 Å². The fraction of sp³-hybridized carbons (Fsp3) is 0.111. The number of fused-ring (bicyclic) bond motifs is 1. The molecule has 0 fully saturated rings. The first kappa shape index (κ1) is 16.8. The molecule has 0 spiro atoms. The Kier molecular flexibility index (Phi) is 4.31. The van der Waals surface area contributed by atoms with Gasteiger partial charge >= 0.3 is 12.1 Å². The Morgan fingerprint density at radius 3 is 2.56 bits per heavy atom. The highest BCUT2D eigenvalue weighted by atomic mass is 19.4. The van der Waals surface area contributed by atoms with Crippen molar-refractivity contribution in [2.75, 3.05) is 12.4 Å². The second kappa shape index (κ2) is 6.43. The molecule has 4 nitrogen and oxygen atoms in total. The first-order valence-electron chi connectivity index (χ1n) is 7.31. The van der Waals surface area contributed by atoms with Crippen molar-refractivity contribution in [3.8, 4) is 0 Å². The number of methoxy groups -OCH3 is 1. The van der Waals surface area contributed by atoms with E-state index in [0.29, 0.717) is 16.6 Å². The quantitative estimate of drug-likeness (QED) is 0.693. The van der Waals surface area contributed by atoms with Gasteiger partial charge in [-0.2, -0.15) is 13.2 Å². The molecule has 128 valence electrons. The Morgan fingerprint density at radius 2 is 1.84 bits per heavy atom. The van der Waals surface area contributed by atoms with Crippen molar-refractivity contribution >= 4 is 28.2 Å². The average molecular weight is 346 g/mol. The van der Waals surface area contributed by atoms with Gasteiger partial charge in [-0.25, -0.2) is 9.78 Å². The molecule has 0 aliphatic carbocycles. The minimum atomic E-state index is -4.44. The molecule has 3 aromatic rings. The molecule has 0 saturated carbocycles. The molecule has 1 heterocycles. The van der Waals surface area contributed by atoms with Gasteiger partial charge in [0, 0.05) is 11.1 Å². The molecule has 0 saturated heterocycles. The molecule has 7 heteroatoms. The Balaban J connectivity index is 2.08. The number of aromatic nitrogens is 1. The molecule has 1 N–H and O–H groups in total. The van der Waals surface area contributed by atoms with E-state index in [4.69, 9.17) is 0 Å². The van der Waals surface area contributed by atoms with E-state index in [1.165, 1.54) is 25.3 Å². The third-order valence-corrected chi connectivity index (χ3v) is 3.58. The summed E-state index contributed by atoms with van der Waals surface area (Å²) < 4.78 is 43.3. The lowest BCUT2D eigenvalue weighted by Crippen LogP contribution is -2.07. The van der Waals surface area contributed by atoms with Crippen LogP contribution in [-0.4, -0.2) is 18.1 Å². The van der Waals surface area contributed by atoms with E-state index >= 15 is 0 Å². The van der Waals surface area contributed by atoms with E-state index in [1.807, 2.05) is 0 Å². The lowest BCUT2D eigenvalue weighted by atomic mass is 10.1. The Morgan fingerprint density at radius 1 is 1.08 bits per heavy atom. The van der Waals surface area contributed by atoms with Gasteiger partial charge in [0.1, 0.15) is 0 Å². The maximum Gasteiger partial charge on any atom is 0.416 e. The summed E-state index contributed by atoms with van der Waals surface area (Å²) in [5.41, 5.74) is 0.548. The number of ether oxygens (including phenoxy) is 1. The normalized spacial score (nSPS) is 11.4. The van der Waals surface area contributed by atoms with Crippen LogP contribution in [0.15, 0.2) is 54.6 Å². The first-order chi connectivity index (χ1) is 11.9. The Bertz CT molecular complexity index is 939. The summed E-state index contributed by atoms with van der Waals surface area (Å²) >= 11 is 0. The summed E-state index contributed by atoms with van der Waals surface area (Å²) in [6, 6.07) is 13.3. The first-order valence-corrected chi connectivity index (χ1v) is 7.31. The summed E-state index contributed by atoms with van der Waals surface area (Å²) in [6.07, 6.45) is -4.44. The predicted molar refractivity (Wildman–Crippen MR) is 87.8 cm³/mol. The number of para-hydroxylation sites is 1. The number of rotatable bonds is 3. The molecule has 0 bridgehead atoms. The highest BCUT2D eigenvalue weighted by Crippen LogP contribution is 2.32. The second-order valence-electron chi connectivity index (χ2n) is 5.27. The molecule has 0 radical (unpaired) electrons. The molecule has 0 amide bonds. The zero-order valence-electron chi connectivity index (χ0n) is 13.1. The molecule has 25 heavy (non-hydrogen) atoms. The van der Waals surface area contributed by atoms with E-state index in [-0.39, 0.29) is 11.4 Å². The van der Waals surface area contributed by atoms with E-state index in [0.717, 1.165) is 12.1 Å². The average Bonchev–Trinajstić information content (AvgIpc) is 2.60. The van der Waals surface area contributed by atoms with Gasteiger partial charge in [0.2, 0.25) is 0 Å². The van der Waals surface area contributed by atoms with Crippen LogP contribution >= 0.6 is 0 Å². The lowest BCUT2D eigenvalue weighted by molar-refractivity contribution is -0.137. The number of nitrogens with zero attached hydrogens (tertiary/aromatic N) is 1. The van der Waals surface area contributed by atoms with Crippen LogP contribution in [0.25, 0.3) is 10.9 Å². The smallest absolute Gasteiger partial charge is 0.416 e. The zero-order chi connectivity index (χ0) is 18.0. The minimum Gasteiger partial charge on any atom is -0.464 e. The maximum absolute atomic E-state index is 12.9. The molecule has 3 rings (SSSR count). The van der Waals surface area contributed by atoms with Crippen LogP contribution in [0.3, 0.4) is 0 Å². The van der Waals surface area contributed by atoms with Gasteiger partial charge in [-0.1, -0.05) is 24.3 Å². The number of carbonyl (C=O) groups excluding carboxylic acids is 1. The van der Waals surface area contributed by atoms with Crippen LogP contribution < -0.4 is 5.32 Å². The van der Waals surface area contributed by atoms with Crippen LogP contribution in [0, 0.1) is 0 Å². The fourth-order valence-corrected chi connectivity index (χ4v) is 2.42. The Hall–Kier alpha value is -3.09. The molecule has 0 aliphatic heterocycles. The fourth-order valence-electron chi connectivity index (χ4n) is 2.42. The molecular formula is C18H13F3N2O2. The molecular weight excluding hydrogens is 333 g/mol. The van der Waals surface area contributed by atoms with Gasteiger partial charge in [0.05, 0.1) is 23.9 Å². The van der Waals surface area contributed by atoms with Crippen molar-refractivity contribution in [3.05, 3.63) is 65.9 Å². The van der Waals surface area contributed by atoms with Gasteiger partial charge in [-0.3, -0.25) is 0 Å². The number of pyridine rings is 1. The molecule has 1 aromatic heterocycles. The van der Waals surface area contributed by atoms with Crippen molar-refractivity contribution in [3.63, 3.8) is 0 Å². The maximum atomic E-state index is 12.9. The van der Waals surface area contributed by atoms with E-state index < -0.39 is 17.7 Å². The highest BCUT2D eigenvalue weighted by molar-refractivity contribution is 5.98. The number of benzene rings is 2. The Labute approximate surface area is 141 Å². The van der Waals surface area contributed by atoms with Crippen LogP contribution in [0.2, 0.25) is 0 Å². The summed E-state index contributed by atoms with van der Waals surface area (Å²) in [5, 5.41) is 3.60. The van der Waals surface area contributed by atoms with Crippen LogP contribution in [0.1, 0.15) is 16.1 Å². The predicted octanol–water partition coefficient (Wildman–Crippen LogP) is 4.78. The minimum absolute atomic E-state index is 0.0654. The van der Waals surface area contributed by atoms with E-state index in [9.17, 15) is 18.0 Å². The van der Waals surface area contributed by atoms with Crippen molar-refractivity contribution in [2.24, 2.45) is 0 Å². The summed E-state index contributed by atoms with van der Waals surface area (Å²) in [7, 11) is 1.24. The monoisotopic (exact) mass is 346 g/mol. The number of esters is 1. The summed E-state index contributed by atoms with van der Waals surface area (Å²) in [4.78, 5) is 16.0. The topological polar surface area (TPSA) is 51.2 Å². The number of alkyl halides is 3. The second-order valence-corrected chi connectivity index (χ2v) is 5.27. The number of carbonyl (C=O) groups is 1. The molecule has 0 atom stereocenters. The summed E-state index contributed by atoms with van der Waals surface area (Å²) in [6.45, 7) is 0. The molecule has 2 aromatic carbocycles. The molecule has 0 aliphatic rings. The lowest BCUT2D eigenvalue weighted by Gasteiger charge is -2.13. The number of anilines is 2. The van der Waals surface area contributed by atoms with Gasteiger partial charge < -0.3 is 10.1 Å². The number of hydrogen-bond acceptors (Lipinski definition) is 4. The van der Waals surface area contributed by atoms with Gasteiger partial charge in [0.15, 0.2) is 5.69 Å². The van der Waals surface area contributed by atoms with Crippen LogP contribution in [-0.2, 0) is 10.9 Å². The van der Waals surface area contributed by atoms with Gasteiger partial charge in [0.25, 0.3) is 0 Å². The largest absolute Gasteiger partial charge is 0.464 e. The van der Waals surface area contributed by atoms with Crippen molar-refractivity contribution in [1.29, 1.82) is 0 Å². The molecule has 0 unspecified atom stereocenters. The van der Waals surface area contributed by atoms with Crippen molar-refractivity contribution in [1.82, 2.24) is 4.98 Å². The van der Waals surface area contributed by atoms with Crippen molar-refractivity contribution < 1.29 is 22.7 Å². The van der Waals surface area contributed by atoms with Crippen LogP contribution in [0.5, 0.6) is 0 Å². The number of nitrogens with one attached hydrogen (secondary N) is 1. The van der Waals surface area contributed by atoms with Crippen molar-refractivity contribution in [2.45, 2.75) is 6.18 Å². The number of hydrogen-bond donors (Lipinski definition) is 1. The van der Waals surface area contributed by atoms with Crippen LogP contribution in [0.4, 0.5) is 24.5 Å². The highest BCUT2D eigenvalue weighted by Gasteiger charge is 2.30.